The average Bonchev–Trinajstić information content (AvgIpc) is 2.84. The van der Waals surface area contributed by atoms with Gasteiger partial charge in [-0.25, -0.2) is 4.39 Å². The number of nitrogens with one attached hydrogen (secondary N) is 1. The number of halogens is 1. The molecule has 2 aromatic rings. The molecule has 1 saturated heterocycles. The van der Waals surface area contributed by atoms with Crippen molar-refractivity contribution in [1.29, 1.82) is 0 Å². The standard InChI is InChI=1S/C19H19FN2O2/c1-13-7-8-15(11-16(13)20)21-17-12-18(23)22(19(17)24)10-9-14-5-3-2-4-6-14/h2-8,11,17,21H,9-10,12H2,1H3/t17-/m0/s1. The number of carbonyl (C=O) groups is 2. The SMILES string of the molecule is Cc1ccc(N[C@H]2CC(=O)N(CCc3ccccc3)C2=O)cc1F. The lowest BCUT2D eigenvalue weighted by Crippen LogP contribution is -2.36. The molecule has 0 bridgehead atoms. The topological polar surface area (TPSA) is 49.4 Å². The fourth-order valence-corrected chi connectivity index (χ4v) is 2.80. The average molecular weight is 326 g/mol. The molecule has 1 fully saturated rings. The van der Waals surface area contributed by atoms with Gasteiger partial charge in [-0.2, -0.15) is 0 Å². The minimum absolute atomic E-state index is 0.100. The molecule has 24 heavy (non-hydrogen) atoms. The molecule has 0 aliphatic carbocycles. The van der Waals surface area contributed by atoms with Gasteiger partial charge in [-0.15, -0.1) is 0 Å². The minimum Gasteiger partial charge on any atom is -0.373 e. The van der Waals surface area contributed by atoms with E-state index in [0.717, 1.165) is 5.56 Å². The van der Waals surface area contributed by atoms with Gasteiger partial charge in [0.05, 0.1) is 6.42 Å². The van der Waals surface area contributed by atoms with Crippen molar-refractivity contribution in [2.24, 2.45) is 0 Å². The van der Waals surface area contributed by atoms with Crippen molar-refractivity contribution in [2.75, 3.05) is 11.9 Å². The fraction of sp³-hybridized carbons (Fsp3) is 0.263. The maximum absolute atomic E-state index is 13.6. The van der Waals surface area contributed by atoms with Crippen LogP contribution in [0.2, 0.25) is 0 Å². The van der Waals surface area contributed by atoms with Crippen molar-refractivity contribution < 1.29 is 14.0 Å². The lowest BCUT2D eigenvalue weighted by atomic mass is 10.1. The summed E-state index contributed by atoms with van der Waals surface area (Å²) in [6.07, 6.45) is 0.729. The first kappa shape index (κ1) is 16.2. The predicted molar refractivity (Wildman–Crippen MR) is 90.0 cm³/mol. The van der Waals surface area contributed by atoms with E-state index in [-0.39, 0.29) is 24.1 Å². The molecule has 0 aromatic heterocycles. The number of amides is 2. The van der Waals surface area contributed by atoms with Crippen LogP contribution in [-0.4, -0.2) is 29.3 Å². The van der Waals surface area contributed by atoms with Crippen molar-refractivity contribution in [3.63, 3.8) is 0 Å². The third kappa shape index (κ3) is 3.45. The predicted octanol–water partition coefficient (Wildman–Crippen LogP) is 2.92. The third-order valence-electron chi connectivity index (χ3n) is 4.22. The molecule has 1 atom stereocenters. The summed E-state index contributed by atoms with van der Waals surface area (Å²) in [6, 6.07) is 13.8. The third-order valence-corrected chi connectivity index (χ3v) is 4.22. The number of hydrogen-bond donors (Lipinski definition) is 1. The van der Waals surface area contributed by atoms with Gasteiger partial charge in [-0.05, 0) is 36.6 Å². The highest BCUT2D eigenvalue weighted by atomic mass is 19.1. The zero-order chi connectivity index (χ0) is 17.1. The first-order valence-electron chi connectivity index (χ1n) is 7.95. The van der Waals surface area contributed by atoms with Gasteiger partial charge < -0.3 is 5.32 Å². The number of carbonyl (C=O) groups excluding carboxylic acids is 2. The van der Waals surface area contributed by atoms with Crippen LogP contribution in [0, 0.1) is 12.7 Å². The molecular formula is C19H19FN2O2. The van der Waals surface area contributed by atoms with E-state index < -0.39 is 6.04 Å². The largest absolute Gasteiger partial charge is 0.373 e. The molecule has 2 amide bonds. The molecule has 1 aliphatic rings. The number of nitrogens with zero attached hydrogens (tertiary/aromatic N) is 1. The summed E-state index contributed by atoms with van der Waals surface area (Å²) in [5.74, 6) is -0.782. The lowest BCUT2D eigenvalue weighted by molar-refractivity contribution is -0.138. The Morgan fingerprint density at radius 1 is 1.17 bits per heavy atom. The van der Waals surface area contributed by atoms with Gasteiger partial charge in [0.25, 0.3) is 5.91 Å². The molecule has 0 unspecified atom stereocenters. The summed E-state index contributed by atoms with van der Waals surface area (Å²) >= 11 is 0. The van der Waals surface area contributed by atoms with Crippen LogP contribution in [0.15, 0.2) is 48.5 Å². The zero-order valence-corrected chi connectivity index (χ0v) is 13.5. The first-order valence-corrected chi connectivity index (χ1v) is 7.95. The number of hydrogen-bond acceptors (Lipinski definition) is 3. The Kier molecular flexibility index (Phi) is 4.60. The van der Waals surface area contributed by atoms with E-state index in [4.69, 9.17) is 0 Å². The van der Waals surface area contributed by atoms with Gasteiger partial charge in [0, 0.05) is 12.2 Å². The Morgan fingerprint density at radius 2 is 1.92 bits per heavy atom. The van der Waals surface area contributed by atoms with E-state index in [9.17, 15) is 14.0 Å². The second kappa shape index (κ2) is 6.83. The quantitative estimate of drug-likeness (QED) is 0.860. The normalized spacial score (nSPS) is 17.4. The van der Waals surface area contributed by atoms with E-state index in [1.165, 1.54) is 11.0 Å². The van der Waals surface area contributed by atoms with Gasteiger partial charge in [-0.1, -0.05) is 36.4 Å². The highest BCUT2D eigenvalue weighted by molar-refractivity contribution is 6.06. The molecule has 0 spiro atoms. The van der Waals surface area contributed by atoms with Gasteiger partial charge in [0.2, 0.25) is 5.91 Å². The van der Waals surface area contributed by atoms with Crippen LogP contribution in [0.1, 0.15) is 17.5 Å². The minimum atomic E-state index is -0.629. The molecule has 0 saturated carbocycles. The molecule has 3 rings (SSSR count). The van der Waals surface area contributed by atoms with Crippen LogP contribution in [0.4, 0.5) is 10.1 Å². The molecule has 1 heterocycles. The van der Waals surface area contributed by atoms with Crippen LogP contribution in [0.5, 0.6) is 0 Å². The second-order valence-corrected chi connectivity index (χ2v) is 5.98. The van der Waals surface area contributed by atoms with Gasteiger partial charge in [0.1, 0.15) is 11.9 Å². The Morgan fingerprint density at radius 3 is 2.62 bits per heavy atom. The number of anilines is 1. The smallest absolute Gasteiger partial charge is 0.252 e. The monoisotopic (exact) mass is 326 g/mol. The van der Waals surface area contributed by atoms with Crippen LogP contribution in [0.25, 0.3) is 0 Å². The van der Waals surface area contributed by atoms with E-state index >= 15 is 0 Å². The Balaban J connectivity index is 1.64. The zero-order valence-electron chi connectivity index (χ0n) is 13.5. The van der Waals surface area contributed by atoms with Crippen molar-refractivity contribution >= 4 is 17.5 Å². The lowest BCUT2D eigenvalue weighted by Gasteiger charge is -2.16. The molecule has 124 valence electrons. The van der Waals surface area contributed by atoms with Crippen LogP contribution in [0.3, 0.4) is 0 Å². The van der Waals surface area contributed by atoms with Crippen LogP contribution in [-0.2, 0) is 16.0 Å². The number of rotatable bonds is 5. The van der Waals surface area contributed by atoms with E-state index in [0.29, 0.717) is 24.2 Å². The fourth-order valence-electron chi connectivity index (χ4n) is 2.80. The summed E-state index contributed by atoms with van der Waals surface area (Å²) in [5.41, 5.74) is 2.13. The van der Waals surface area contributed by atoms with Crippen molar-refractivity contribution in [1.82, 2.24) is 4.90 Å². The molecular weight excluding hydrogens is 307 g/mol. The van der Waals surface area contributed by atoms with E-state index in [1.807, 2.05) is 30.3 Å². The van der Waals surface area contributed by atoms with Crippen molar-refractivity contribution in [3.05, 3.63) is 65.5 Å². The van der Waals surface area contributed by atoms with Crippen molar-refractivity contribution in [3.8, 4) is 0 Å². The Hall–Kier alpha value is -2.69. The van der Waals surface area contributed by atoms with Gasteiger partial charge in [0.15, 0.2) is 0 Å². The summed E-state index contributed by atoms with van der Waals surface area (Å²) < 4.78 is 13.6. The number of aryl methyl sites for hydroxylation is 1. The number of likely N-dealkylation sites (tertiary alicyclic amines) is 1. The molecule has 0 radical (unpaired) electrons. The molecule has 4 nitrogen and oxygen atoms in total. The second-order valence-electron chi connectivity index (χ2n) is 5.98. The number of benzene rings is 2. The highest BCUT2D eigenvalue weighted by Crippen LogP contribution is 2.20. The van der Waals surface area contributed by atoms with Crippen LogP contribution >= 0.6 is 0 Å². The maximum atomic E-state index is 13.6. The Bertz CT molecular complexity index is 761. The molecule has 2 aromatic carbocycles. The summed E-state index contributed by atoms with van der Waals surface area (Å²) in [6.45, 7) is 2.04. The maximum Gasteiger partial charge on any atom is 0.252 e. The molecule has 5 heteroatoms. The molecule has 1 N–H and O–H groups in total. The van der Waals surface area contributed by atoms with Gasteiger partial charge in [-0.3, -0.25) is 14.5 Å². The molecule has 1 aliphatic heterocycles. The van der Waals surface area contributed by atoms with Crippen molar-refractivity contribution in [2.45, 2.75) is 25.8 Å². The first-order chi connectivity index (χ1) is 11.5. The number of imide groups is 1. The van der Waals surface area contributed by atoms with Gasteiger partial charge >= 0.3 is 0 Å². The summed E-state index contributed by atoms with van der Waals surface area (Å²) in [5, 5.41) is 2.97. The summed E-state index contributed by atoms with van der Waals surface area (Å²) in [4.78, 5) is 25.8. The van der Waals surface area contributed by atoms with Crippen LogP contribution < -0.4 is 5.32 Å². The highest BCUT2D eigenvalue weighted by Gasteiger charge is 2.38. The Labute approximate surface area is 140 Å². The van der Waals surface area contributed by atoms with E-state index in [1.54, 1.807) is 19.1 Å². The summed E-state index contributed by atoms with van der Waals surface area (Å²) in [7, 11) is 0. The van der Waals surface area contributed by atoms with E-state index in [2.05, 4.69) is 5.32 Å².